The molecule has 0 saturated heterocycles. The van der Waals surface area contributed by atoms with Crippen LogP contribution in [0.3, 0.4) is 0 Å². The fraction of sp³-hybridized carbons (Fsp3) is 0.111. The van der Waals surface area contributed by atoms with Crippen molar-refractivity contribution in [3.05, 3.63) is 59.6 Å². The second kappa shape index (κ2) is 8.52. The molecule has 2 heterocycles. The molecule has 0 atom stereocenters. The van der Waals surface area contributed by atoms with Gasteiger partial charge in [-0.05, 0) is 36.0 Å². The number of amides is 1. The number of halogens is 3. The van der Waals surface area contributed by atoms with Gasteiger partial charge in [0.25, 0.3) is 0 Å². The topological polar surface area (TPSA) is 109 Å². The molecule has 2 aromatic carbocycles. The summed E-state index contributed by atoms with van der Waals surface area (Å²) in [6.45, 7) is 0. The minimum atomic E-state index is -4.66. The minimum absolute atomic E-state index is 0.0644. The number of carbonyl (C=O) groups is 1. The first kappa shape index (κ1) is 22.2. The fourth-order valence-electron chi connectivity index (χ4n) is 2.74. The molecule has 4 aromatic rings. The van der Waals surface area contributed by atoms with Crippen LogP contribution in [0, 0.1) is 0 Å². The number of benzene rings is 2. The summed E-state index contributed by atoms with van der Waals surface area (Å²) >= 11 is 1.09. The molecule has 8 nitrogen and oxygen atoms in total. The standard InChI is InChI=1S/C18H12F3N5O3S3/c19-18(20,21)15-24-25-16(31-15)23-14(27)10-30-17-22-12-8-4-5-9-13(12)26(17)32(28,29)11-6-2-1-3-7-11/h1-9H,10H2,(H,23,25,27)/p+1. The smallest absolute Gasteiger partial charge is 0.300 e. The van der Waals surface area contributed by atoms with Gasteiger partial charge in [0, 0.05) is 0 Å². The predicted molar refractivity (Wildman–Crippen MR) is 112 cm³/mol. The molecular formula is C18H13F3N5O3S3+. The molecule has 0 unspecified atom stereocenters. The van der Waals surface area contributed by atoms with Crippen molar-refractivity contribution in [3.63, 3.8) is 0 Å². The number of aromatic nitrogens is 4. The van der Waals surface area contributed by atoms with E-state index in [1.54, 1.807) is 42.5 Å². The molecule has 0 bridgehead atoms. The molecule has 166 valence electrons. The molecule has 1 amide bonds. The van der Waals surface area contributed by atoms with Crippen molar-refractivity contribution in [1.29, 1.82) is 0 Å². The Hall–Kier alpha value is -2.97. The lowest BCUT2D eigenvalue weighted by Crippen LogP contribution is -2.44. The molecule has 0 aliphatic rings. The summed E-state index contributed by atoms with van der Waals surface area (Å²) in [5.41, 5.74) is 0.923. The maximum Gasteiger partial charge on any atom is 0.445 e. The number of carbonyl (C=O) groups excluding carboxylic acids is 1. The highest BCUT2D eigenvalue weighted by Crippen LogP contribution is 2.33. The number of thioether (sulfide) groups is 1. The Bertz CT molecular complexity index is 1390. The van der Waals surface area contributed by atoms with E-state index in [0.29, 0.717) is 11.0 Å². The number of H-pyrrole nitrogens is 1. The van der Waals surface area contributed by atoms with Crippen LogP contribution in [0.2, 0.25) is 0 Å². The third-order valence-corrected chi connectivity index (χ3v) is 7.78. The number of aromatic amines is 1. The molecule has 0 fully saturated rings. The highest BCUT2D eigenvalue weighted by atomic mass is 32.2. The average Bonchev–Trinajstić information content (AvgIpc) is 3.37. The third-order valence-electron chi connectivity index (χ3n) is 4.08. The highest BCUT2D eigenvalue weighted by Gasteiger charge is 2.36. The van der Waals surface area contributed by atoms with Gasteiger partial charge in [0.2, 0.25) is 16.0 Å². The van der Waals surface area contributed by atoms with Crippen LogP contribution in [0.4, 0.5) is 18.3 Å². The molecule has 14 heteroatoms. The number of hydrogen-bond acceptors (Lipinski definition) is 7. The quantitative estimate of drug-likeness (QED) is 0.311. The van der Waals surface area contributed by atoms with Gasteiger partial charge in [0.05, 0.1) is 5.75 Å². The molecule has 0 aliphatic heterocycles. The summed E-state index contributed by atoms with van der Waals surface area (Å²) in [6, 6.07) is 14.5. The zero-order valence-electron chi connectivity index (χ0n) is 15.8. The Kier molecular flexibility index (Phi) is 5.92. The lowest BCUT2D eigenvalue weighted by Gasteiger charge is -2.04. The number of hydrogen-bond donors (Lipinski definition) is 2. The van der Waals surface area contributed by atoms with Crippen molar-refractivity contribution < 1.29 is 30.4 Å². The van der Waals surface area contributed by atoms with Crippen LogP contribution in [-0.4, -0.2) is 35.3 Å². The molecule has 0 aliphatic carbocycles. The van der Waals surface area contributed by atoms with Gasteiger partial charge >= 0.3 is 21.4 Å². The summed E-state index contributed by atoms with van der Waals surface area (Å²) in [4.78, 5) is 15.3. The summed E-state index contributed by atoms with van der Waals surface area (Å²) in [5.74, 6) is -0.944. The second-order valence-corrected chi connectivity index (χ2v) is 10.0. The van der Waals surface area contributed by atoms with E-state index in [1.165, 1.54) is 12.1 Å². The van der Waals surface area contributed by atoms with Crippen molar-refractivity contribution in [1.82, 2.24) is 15.2 Å². The van der Waals surface area contributed by atoms with E-state index in [-0.39, 0.29) is 32.3 Å². The van der Waals surface area contributed by atoms with Crippen molar-refractivity contribution in [3.8, 4) is 0 Å². The number of para-hydroxylation sites is 2. The Labute approximate surface area is 187 Å². The van der Waals surface area contributed by atoms with Gasteiger partial charge in [-0.1, -0.05) is 41.7 Å². The van der Waals surface area contributed by atoms with Gasteiger partial charge in [-0.2, -0.15) is 21.6 Å². The van der Waals surface area contributed by atoms with Crippen LogP contribution in [0.25, 0.3) is 11.0 Å². The van der Waals surface area contributed by atoms with Crippen LogP contribution in [0.15, 0.2) is 64.6 Å². The maximum absolute atomic E-state index is 13.3. The number of imidazole rings is 1. The number of rotatable bonds is 6. The first-order chi connectivity index (χ1) is 15.2. The van der Waals surface area contributed by atoms with Gasteiger partial charge in [0.15, 0.2) is 11.0 Å². The van der Waals surface area contributed by atoms with Crippen LogP contribution in [0.1, 0.15) is 5.01 Å². The number of nitrogens with one attached hydrogen (secondary N) is 2. The van der Waals surface area contributed by atoms with Crippen LogP contribution < -0.4 is 9.29 Å². The van der Waals surface area contributed by atoms with Gasteiger partial charge in [-0.25, -0.2) is 4.98 Å². The minimum Gasteiger partial charge on any atom is -0.300 e. The van der Waals surface area contributed by atoms with Gasteiger partial charge in [-0.15, -0.1) is 14.2 Å². The Morgan fingerprint density at radius 2 is 1.78 bits per heavy atom. The summed E-state index contributed by atoms with van der Waals surface area (Å²) in [5, 5.41) is 7.23. The SMILES string of the molecule is O=C(CSc1[nH]c2ccccc2[n+]1S(=O)(=O)c1ccccc1)Nc1nnc(C(F)(F)F)s1. The van der Waals surface area contributed by atoms with E-state index in [0.717, 1.165) is 15.7 Å². The highest BCUT2D eigenvalue weighted by molar-refractivity contribution is 8.00. The molecule has 4 rings (SSSR count). The molecular weight excluding hydrogens is 487 g/mol. The van der Waals surface area contributed by atoms with Crippen LogP contribution in [-0.2, 0) is 21.0 Å². The molecule has 2 aromatic heterocycles. The Morgan fingerprint density at radius 1 is 1.09 bits per heavy atom. The van der Waals surface area contributed by atoms with E-state index in [4.69, 9.17) is 0 Å². The summed E-state index contributed by atoms with van der Waals surface area (Å²) < 4.78 is 65.5. The molecule has 32 heavy (non-hydrogen) atoms. The fourth-order valence-corrected chi connectivity index (χ4v) is 5.95. The van der Waals surface area contributed by atoms with Gasteiger partial charge < -0.3 is 0 Å². The van der Waals surface area contributed by atoms with Gasteiger partial charge in [0.1, 0.15) is 4.90 Å². The zero-order chi connectivity index (χ0) is 22.9. The molecule has 0 radical (unpaired) electrons. The third kappa shape index (κ3) is 4.47. The number of fused-ring (bicyclic) bond motifs is 1. The lowest BCUT2D eigenvalue weighted by atomic mass is 10.3. The Morgan fingerprint density at radius 3 is 2.47 bits per heavy atom. The van der Waals surface area contributed by atoms with Crippen LogP contribution in [0.5, 0.6) is 0 Å². The number of anilines is 1. The first-order valence-electron chi connectivity index (χ1n) is 8.83. The van der Waals surface area contributed by atoms with E-state index in [1.807, 2.05) is 0 Å². The number of alkyl halides is 3. The van der Waals surface area contributed by atoms with Crippen molar-refractivity contribution in [2.75, 3.05) is 11.1 Å². The maximum atomic E-state index is 13.3. The first-order valence-corrected chi connectivity index (χ1v) is 12.1. The number of nitrogens with zero attached hydrogens (tertiary/aromatic N) is 3. The zero-order valence-corrected chi connectivity index (χ0v) is 18.3. The Balaban J connectivity index is 1.59. The largest absolute Gasteiger partial charge is 0.445 e. The summed E-state index contributed by atoms with van der Waals surface area (Å²) in [7, 11) is -3.99. The average molecular weight is 501 g/mol. The van der Waals surface area contributed by atoms with Crippen molar-refractivity contribution in [2.24, 2.45) is 0 Å². The van der Waals surface area contributed by atoms with Crippen molar-refractivity contribution >= 4 is 55.2 Å². The monoisotopic (exact) mass is 500 g/mol. The molecule has 0 saturated carbocycles. The van der Waals surface area contributed by atoms with E-state index >= 15 is 0 Å². The second-order valence-electron chi connectivity index (χ2n) is 6.28. The van der Waals surface area contributed by atoms with E-state index < -0.39 is 27.1 Å². The van der Waals surface area contributed by atoms with Gasteiger partial charge in [-0.3, -0.25) is 10.1 Å². The summed E-state index contributed by atoms with van der Waals surface area (Å²) in [6.07, 6.45) is -4.66. The lowest BCUT2D eigenvalue weighted by molar-refractivity contribution is -0.526. The molecule has 2 N–H and O–H groups in total. The molecule has 0 spiro atoms. The van der Waals surface area contributed by atoms with E-state index in [2.05, 4.69) is 20.5 Å². The normalized spacial score (nSPS) is 12.2. The van der Waals surface area contributed by atoms with Crippen molar-refractivity contribution in [2.45, 2.75) is 16.2 Å². The predicted octanol–water partition coefficient (Wildman–Crippen LogP) is 3.29. The van der Waals surface area contributed by atoms with Crippen LogP contribution >= 0.6 is 23.1 Å². The van der Waals surface area contributed by atoms with E-state index in [9.17, 15) is 26.4 Å².